The molecule has 0 bridgehead atoms. The molecule has 0 saturated carbocycles. The normalized spacial score (nSPS) is 16.9. The molecule has 1 heterocycles. The van der Waals surface area contributed by atoms with Crippen molar-refractivity contribution in [2.75, 3.05) is 0 Å². The number of hydrazine groups is 1. The van der Waals surface area contributed by atoms with Crippen molar-refractivity contribution in [1.29, 1.82) is 0 Å². The summed E-state index contributed by atoms with van der Waals surface area (Å²) in [6.07, 6.45) is 0. The number of carbonyl (C=O) groups is 2. The monoisotopic (exact) mass is 464 g/mol. The van der Waals surface area contributed by atoms with Gasteiger partial charge in [0, 0.05) is 11.1 Å². The summed E-state index contributed by atoms with van der Waals surface area (Å²) < 4.78 is 12.4. The number of hydrogen-bond acceptors (Lipinski definition) is 4. The second-order valence-electron chi connectivity index (χ2n) is 11.1. The van der Waals surface area contributed by atoms with Gasteiger partial charge in [0.25, 0.3) is 11.8 Å². The van der Waals surface area contributed by atoms with Crippen LogP contribution in [0.15, 0.2) is 36.4 Å². The molecule has 2 aromatic rings. The van der Waals surface area contributed by atoms with Gasteiger partial charge in [-0.2, -0.15) is 0 Å². The summed E-state index contributed by atoms with van der Waals surface area (Å²) in [4.78, 5) is 27.0. The summed E-state index contributed by atoms with van der Waals surface area (Å²) in [5.74, 6) is -0.605. The van der Waals surface area contributed by atoms with Gasteiger partial charge in [0.2, 0.25) is 0 Å². The molecule has 34 heavy (non-hydrogen) atoms. The number of nitrogens with one attached hydrogen (secondary N) is 1. The Balaban J connectivity index is 1.92. The predicted molar refractivity (Wildman–Crippen MR) is 136 cm³/mol. The van der Waals surface area contributed by atoms with Gasteiger partial charge < -0.3 is 9.31 Å². The van der Waals surface area contributed by atoms with Crippen molar-refractivity contribution in [1.82, 2.24) is 10.4 Å². The second-order valence-corrected chi connectivity index (χ2v) is 11.1. The Morgan fingerprint density at radius 3 is 1.94 bits per heavy atom. The number of aryl methyl sites for hydroxylation is 1. The molecule has 6 nitrogen and oxygen atoms in total. The van der Waals surface area contributed by atoms with Crippen molar-refractivity contribution >= 4 is 24.4 Å². The molecule has 0 aromatic heterocycles. The van der Waals surface area contributed by atoms with Crippen molar-refractivity contribution in [3.8, 4) is 0 Å². The third-order valence-corrected chi connectivity index (χ3v) is 7.05. The molecule has 1 aliphatic rings. The molecule has 0 spiro atoms. The lowest BCUT2D eigenvalue weighted by atomic mass is 9.75. The van der Waals surface area contributed by atoms with Crippen molar-refractivity contribution < 1.29 is 18.9 Å². The minimum absolute atomic E-state index is 0.248. The zero-order chi connectivity index (χ0) is 25.6. The molecule has 0 radical (unpaired) electrons. The molecule has 3 rings (SSSR count). The highest BCUT2D eigenvalue weighted by Crippen LogP contribution is 2.36. The third kappa shape index (κ3) is 4.77. The first-order valence-electron chi connectivity index (χ1n) is 11.7. The first-order valence-corrected chi connectivity index (χ1v) is 11.7. The van der Waals surface area contributed by atoms with Crippen molar-refractivity contribution in [3.63, 3.8) is 0 Å². The Morgan fingerprint density at radius 1 is 0.853 bits per heavy atom. The van der Waals surface area contributed by atoms with Crippen LogP contribution >= 0.6 is 0 Å². The number of hydrogen-bond donors (Lipinski definition) is 1. The van der Waals surface area contributed by atoms with Crippen LogP contribution in [0.3, 0.4) is 0 Å². The minimum atomic E-state index is -0.639. The van der Waals surface area contributed by atoms with Gasteiger partial charge in [0.05, 0.1) is 16.7 Å². The molecule has 0 aliphatic carbocycles. The third-order valence-electron chi connectivity index (χ3n) is 7.05. The van der Waals surface area contributed by atoms with E-state index in [2.05, 4.69) is 5.43 Å². The second kappa shape index (κ2) is 8.86. The zero-order valence-corrected chi connectivity index (χ0v) is 22.1. The number of carbonyl (C=O) groups excluding carboxylic acids is 2. The summed E-state index contributed by atoms with van der Waals surface area (Å²) in [5, 5.41) is 1.41. The predicted octanol–water partition coefficient (Wildman–Crippen LogP) is 4.50. The molecule has 1 fully saturated rings. The standard InChI is InChI=1S/C27H37BN2O4/c1-17-13-11-15-21(18(17)2)24(32)30(25(4,5)6)29-23(31)20-14-12-16-22(19(20)3)28-33-26(7,8)27(9,10)34-28/h11-16H,1-10H3,(H,29,31). The molecule has 2 aromatic carbocycles. The van der Waals surface area contributed by atoms with E-state index in [1.165, 1.54) is 5.01 Å². The Morgan fingerprint density at radius 2 is 1.38 bits per heavy atom. The van der Waals surface area contributed by atoms with E-state index in [9.17, 15) is 9.59 Å². The maximum absolute atomic E-state index is 13.5. The van der Waals surface area contributed by atoms with Gasteiger partial charge in [0.1, 0.15) is 0 Å². The molecule has 7 heteroatoms. The zero-order valence-electron chi connectivity index (χ0n) is 22.1. The van der Waals surface area contributed by atoms with Gasteiger partial charge in [0.15, 0.2) is 0 Å². The lowest BCUT2D eigenvalue weighted by Gasteiger charge is -2.36. The van der Waals surface area contributed by atoms with E-state index in [1.54, 1.807) is 12.1 Å². The number of rotatable bonds is 3. The molecule has 0 unspecified atom stereocenters. The van der Waals surface area contributed by atoms with E-state index >= 15 is 0 Å². The Kier molecular flexibility index (Phi) is 6.77. The van der Waals surface area contributed by atoms with E-state index in [0.29, 0.717) is 11.1 Å². The van der Waals surface area contributed by atoms with Crippen LogP contribution in [0.5, 0.6) is 0 Å². The summed E-state index contributed by atoms with van der Waals surface area (Å²) in [6.45, 7) is 19.4. The van der Waals surface area contributed by atoms with Crippen LogP contribution in [-0.4, -0.2) is 40.7 Å². The summed E-state index contributed by atoms with van der Waals surface area (Å²) >= 11 is 0. The smallest absolute Gasteiger partial charge is 0.399 e. The average Bonchev–Trinajstić information content (AvgIpc) is 2.93. The first-order chi connectivity index (χ1) is 15.6. The van der Waals surface area contributed by atoms with Crippen LogP contribution in [0.2, 0.25) is 0 Å². The summed E-state index contributed by atoms with van der Waals surface area (Å²) in [5.41, 5.74) is 5.78. The van der Waals surface area contributed by atoms with E-state index in [1.807, 2.05) is 93.5 Å². The molecule has 1 saturated heterocycles. The van der Waals surface area contributed by atoms with Crippen LogP contribution in [0.4, 0.5) is 0 Å². The highest BCUT2D eigenvalue weighted by Gasteiger charge is 2.52. The Hall–Kier alpha value is -2.64. The molecule has 1 aliphatic heterocycles. The van der Waals surface area contributed by atoms with Crippen LogP contribution in [-0.2, 0) is 9.31 Å². The Bertz CT molecular complexity index is 1100. The van der Waals surface area contributed by atoms with Crippen LogP contribution < -0.4 is 10.9 Å². The van der Waals surface area contributed by atoms with Crippen molar-refractivity contribution in [2.24, 2.45) is 0 Å². The number of nitrogens with zero attached hydrogens (tertiary/aromatic N) is 1. The fourth-order valence-corrected chi connectivity index (χ4v) is 3.91. The lowest BCUT2D eigenvalue weighted by molar-refractivity contribution is 0.00578. The lowest BCUT2D eigenvalue weighted by Crippen LogP contribution is -2.56. The average molecular weight is 464 g/mol. The topological polar surface area (TPSA) is 67.9 Å². The van der Waals surface area contributed by atoms with Gasteiger partial charge in [-0.05, 0) is 104 Å². The molecule has 1 N–H and O–H groups in total. The number of amides is 2. The van der Waals surface area contributed by atoms with E-state index in [4.69, 9.17) is 9.31 Å². The van der Waals surface area contributed by atoms with E-state index in [-0.39, 0.29) is 11.8 Å². The maximum Gasteiger partial charge on any atom is 0.495 e. The molecule has 2 amide bonds. The summed E-state index contributed by atoms with van der Waals surface area (Å²) in [6, 6.07) is 11.1. The molecular formula is C27H37BN2O4. The molecular weight excluding hydrogens is 427 g/mol. The van der Waals surface area contributed by atoms with Gasteiger partial charge in [-0.3, -0.25) is 15.0 Å². The van der Waals surface area contributed by atoms with Crippen LogP contribution in [0.1, 0.15) is 85.9 Å². The molecule has 182 valence electrons. The van der Waals surface area contributed by atoms with Gasteiger partial charge >= 0.3 is 7.12 Å². The largest absolute Gasteiger partial charge is 0.495 e. The number of benzene rings is 2. The fourth-order valence-electron chi connectivity index (χ4n) is 3.91. The maximum atomic E-state index is 13.5. The van der Waals surface area contributed by atoms with Gasteiger partial charge in [-0.1, -0.05) is 24.3 Å². The van der Waals surface area contributed by atoms with Gasteiger partial charge in [-0.15, -0.1) is 0 Å². The van der Waals surface area contributed by atoms with E-state index < -0.39 is 23.9 Å². The van der Waals surface area contributed by atoms with Crippen molar-refractivity contribution in [2.45, 2.75) is 86.0 Å². The first kappa shape index (κ1) is 26.0. The summed E-state index contributed by atoms with van der Waals surface area (Å²) in [7, 11) is -0.576. The quantitative estimate of drug-likeness (QED) is 0.537. The van der Waals surface area contributed by atoms with E-state index in [0.717, 1.165) is 22.2 Å². The highest BCUT2D eigenvalue weighted by molar-refractivity contribution is 6.62. The minimum Gasteiger partial charge on any atom is -0.399 e. The highest BCUT2D eigenvalue weighted by atomic mass is 16.7. The Labute approximate surface area is 204 Å². The fraction of sp³-hybridized carbons (Fsp3) is 0.481. The SMILES string of the molecule is Cc1cccc(C(=O)N(NC(=O)c2cccc(B3OC(C)(C)C(C)(C)O3)c2C)C(C)(C)C)c1C. The van der Waals surface area contributed by atoms with Gasteiger partial charge in [-0.25, -0.2) is 5.01 Å². The van der Waals surface area contributed by atoms with Crippen molar-refractivity contribution in [3.05, 3.63) is 64.2 Å². The van der Waals surface area contributed by atoms with Crippen LogP contribution in [0, 0.1) is 20.8 Å². The van der Waals surface area contributed by atoms with Crippen LogP contribution in [0.25, 0.3) is 0 Å². The molecule has 0 atom stereocenters.